The summed E-state index contributed by atoms with van der Waals surface area (Å²) in [5.41, 5.74) is 0. The Hall–Kier alpha value is -1.97. The highest BCUT2D eigenvalue weighted by molar-refractivity contribution is 7.15. The van der Waals surface area contributed by atoms with Gasteiger partial charge in [0.25, 0.3) is 0 Å². The minimum Gasteiger partial charge on any atom is -0.375 e. The number of aromatic nitrogens is 3. The molecule has 1 aliphatic rings. The van der Waals surface area contributed by atoms with Crippen molar-refractivity contribution in [2.75, 3.05) is 18.5 Å². The van der Waals surface area contributed by atoms with Gasteiger partial charge in [0.15, 0.2) is 10.9 Å². The molecule has 2 aromatic heterocycles. The molecule has 0 aliphatic carbocycles. The van der Waals surface area contributed by atoms with E-state index in [9.17, 15) is 9.18 Å². The van der Waals surface area contributed by atoms with Gasteiger partial charge in [-0.1, -0.05) is 0 Å². The second-order valence-corrected chi connectivity index (χ2v) is 7.18. The maximum atomic E-state index is 12.9. The summed E-state index contributed by atoms with van der Waals surface area (Å²) < 4.78 is 18.8. The molecule has 0 aromatic carbocycles. The maximum absolute atomic E-state index is 12.9. The average Bonchev–Trinajstić information content (AvgIpc) is 2.99. The van der Waals surface area contributed by atoms with Crippen molar-refractivity contribution in [2.24, 2.45) is 0 Å². The Morgan fingerprint density at radius 3 is 2.88 bits per heavy atom. The van der Waals surface area contributed by atoms with Crippen LogP contribution in [-0.4, -0.2) is 51.1 Å². The molecular weight excluding hydrogens is 345 g/mol. The maximum Gasteiger partial charge on any atom is 0.223 e. The third-order valence-corrected chi connectivity index (χ3v) is 4.81. The van der Waals surface area contributed by atoms with E-state index in [1.807, 2.05) is 0 Å². The first-order valence-corrected chi connectivity index (χ1v) is 8.85. The predicted molar refractivity (Wildman–Crippen MR) is 91.7 cm³/mol. The Balaban J connectivity index is 1.59. The van der Waals surface area contributed by atoms with Gasteiger partial charge in [-0.15, -0.1) is 11.3 Å². The van der Waals surface area contributed by atoms with Gasteiger partial charge in [-0.05, 0) is 6.92 Å². The summed E-state index contributed by atoms with van der Waals surface area (Å²) in [5.74, 6) is 0.00960. The lowest BCUT2D eigenvalue weighted by Crippen LogP contribution is -2.48. The molecule has 7 nitrogen and oxygen atoms in total. The number of nitrogens with zero attached hydrogens (tertiary/aromatic N) is 4. The second kappa shape index (κ2) is 7.94. The lowest BCUT2D eigenvalue weighted by Gasteiger charge is -2.37. The van der Waals surface area contributed by atoms with Crippen LogP contribution in [0.25, 0.3) is 0 Å². The van der Waals surface area contributed by atoms with Gasteiger partial charge in [0.05, 0.1) is 25.1 Å². The number of anilines is 1. The zero-order chi connectivity index (χ0) is 17.8. The minimum atomic E-state index is -0.441. The van der Waals surface area contributed by atoms with E-state index in [1.54, 1.807) is 6.20 Å². The van der Waals surface area contributed by atoms with Crippen molar-refractivity contribution < 1.29 is 13.9 Å². The van der Waals surface area contributed by atoms with Gasteiger partial charge in [0.1, 0.15) is 5.82 Å². The van der Waals surface area contributed by atoms with Crippen LogP contribution in [0.4, 0.5) is 9.52 Å². The number of amides is 1. The van der Waals surface area contributed by atoms with E-state index in [2.05, 4.69) is 32.1 Å². The lowest BCUT2D eigenvalue weighted by atomic mass is 10.1. The number of thiazole rings is 1. The molecule has 1 fully saturated rings. The van der Waals surface area contributed by atoms with E-state index in [0.29, 0.717) is 24.0 Å². The van der Waals surface area contributed by atoms with Crippen LogP contribution >= 0.6 is 11.3 Å². The van der Waals surface area contributed by atoms with Crippen molar-refractivity contribution in [1.29, 1.82) is 0 Å². The number of nitrogens with one attached hydrogen (secondary N) is 1. The summed E-state index contributed by atoms with van der Waals surface area (Å²) >= 11 is 1.47. The molecule has 1 aliphatic heterocycles. The van der Waals surface area contributed by atoms with Gasteiger partial charge >= 0.3 is 0 Å². The third-order valence-electron chi connectivity index (χ3n) is 3.91. The van der Waals surface area contributed by atoms with Gasteiger partial charge < -0.3 is 10.1 Å². The van der Waals surface area contributed by atoms with E-state index >= 15 is 0 Å². The molecule has 9 heteroatoms. The summed E-state index contributed by atoms with van der Waals surface area (Å²) in [5, 5.41) is 3.31. The quantitative estimate of drug-likeness (QED) is 0.871. The molecule has 1 N–H and O–H groups in total. The van der Waals surface area contributed by atoms with Crippen LogP contribution < -0.4 is 5.32 Å². The van der Waals surface area contributed by atoms with Crippen LogP contribution in [0.3, 0.4) is 0 Å². The van der Waals surface area contributed by atoms with Crippen molar-refractivity contribution in [3.05, 3.63) is 35.1 Å². The predicted octanol–water partition coefficient (Wildman–Crippen LogP) is 1.86. The van der Waals surface area contributed by atoms with Crippen molar-refractivity contribution in [3.63, 3.8) is 0 Å². The molecule has 25 heavy (non-hydrogen) atoms. The first kappa shape index (κ1) is 17.8. The first-order valence-electron chi connectivity index (χ1n) is 8.04. The van der Waals surface area contributed by atoms with Crippen molar-refractivity contribution in [1.82, 2.24) is 19.9 Å². The Morgan fingerprint density at radius 2 is 2.16 bits per heavy atom. The fourth-order valence-electron chi connectivity index (χ4n) is 2.66. The summed E-state index contributed by atoms with van der Waals surface area (Å²) in [6.07, 6.45) is 4.64. The Bertz CT molecular complexity index is 724. The van der Waals surface area contributed by atoms with E-state index in [0.717, 1.165) is 18.0 Å². The highest BCUT2D eigenvalue weighted by atomic mass is 32.1. The molecule has 3 heterocycles. The number of hydrogen-bond donors (Lipinski definition) is 1. The van der Waals surface area contributed by atoms with Crippen molar-refractivity contribution in [3.8, 4) is 0 Å². The first-order chi connectivity index (χ1) is 12.0. The van der Waals surface area contributed by atoms with Gasteiger partial charge in [0.2, 0.25) is 5.91 Å². The summed E-state index contributed by atoms with van der Waals surface area (Å²) in [6.45, 7) is 5.66. The molecule has 0 spiro atoms. The monoisotopic (exact) mass is 365 g/mol. The van der Waals surface area contributed by atoms with E-state index in [4.69, 9.17) is 4.74 Å². The van der Waals surface area contributed by atoms with Crippen molar-refractivity contribution >= 4 is 22.4 Å². The van der Waals surface area contributed by atoms with Crippen LogP contribution in [0.1, 0.15) is 24.5 Å². The lowest BCUT2D eigenvalue weighted by molar-refractivity contribution is -0.114. The molecule has 3 rings (SSSR count). The minimum absolute atomic E-state index is 0.0376. The van der Waals surface area contributed by atoms with E-state index in [-0.39, 0.29) is 18.1 Å². The third kappa shape index (κ3) is 5.00. The normalized spacial score (nSPS) is 21.2. The van der Waals surface area contributed by atoms with Gasteiger partial charge in [-0.3, -0.25) is 9.69 Å². The standard InChI is InChI=1S/C16H20FN5O2S/c1-10-9-24-13(3-15-18-4-12(17)5-19-15)7-22(10)8-14-6-20-16(25-14)21-11(2)23/h4-6,10,13H,3,7-9H2,1-2H3,(H,20,21,23)/t10-,13-/m0/s1. The van der Waals surface area contributed by atoms with Crippen LogP contribution in [0.15, 0.2) is 18.6 Å². The molecule has 0 radical (unpaired) electrons. The molecule has 2 atom stereocenters. The Kier molecular flexibility index (Phi) is 5.67. The fourth-order valence-corrected chi connectivity index (χ4v) is 3.54. The fraction of sp³-hybridized carbons (Fsp3) is 0.500. The highest BCUT2D eigenvalue weighted by Gasteiger charge is 2.27. The molecule has 1 saturated heterocycles. The Labute approximate surface area is 149 Å². The van der Waals surface area contributed by atoms with Gasteiger partial charge in [-0.2, -0.15) is 0 Å². The summed E-state index contributed by atoms with van der Waals surface area (Å²) in [7, 11) is 0. The largest absolute Gasteiger partial charge is 0.375 e. The number of rotatable bonds is 5. The average molecular weight is 365 g/mol. The Morgan fingerprint density at radius 1 is 1.40 bits per heavy atom. The SMILES string of the molecule is CC(=O)Nc1ncc(CN2C[C@H](Cc3ncc(F)cn3)OC[C@@H]2C)s1. The van der Waals surface area contributed by atoms with Gasteiger partial charge in [0, 0.05) is 43.5 Å². The highest BCUT2D eigenvalue weighted by Crippen LogP contribution is 2.23. The molecule has 1 amide bonds. The van der Waals surface area contributed by atoms with Crippen LogP contribution in [0.2, 0.25) is 0 Å². The number of carbonyl (C=O) groups is 1. The number of ether oxygens (including phenoxy) is 1. The second-order valence-electron chi connectivity index (χ2n) is 6.07. The smallest absolute Gasteiger partial charge is 0.223 e. The van der Waals surface area contributed by atoms with E-state index in [1.165, 1.54) is 30.7 Å². The topological polar surface area (TPSA) is 80.2 Å². The van der Waals surface area contributed by atoms with Gasteiger partial charge in [-0.25, -0.2) is 19.3 Å². The molecule has 0 bridgehead atoms. The molecule has 2 aromatic rings. The number of halogens is 1. The van der Waals surface area contributed by atoms with Crippen LogP contribution in [0, 0.1) is 5.82 Å². The zero-order valence-electron chi connectivity index (χ0n) is 14.1. The number of morpholine rings is 1. The molecule has 0 unspecified atom stereocenters. The number of hydrogen-bond acceptors (Lipinski definition) is 7. The van der Waals surface area contributed by atoms with Crippen molar-refractivity contribution in [2.45, 2.75) is 39.0 Å². The zero-order valence-corrected chi connectivity index (χ0v) is 14.9. The molecule has 0 saturated carbocycles. The summed E-state index contributed by atoms with van der Waals surface area (Å²) in [4.78, 5) is 26.7. The van der Waals surface area contributed by atoms with E-state index < -0.39 is 5.82 Å². The van der Waals surface area contributed by atoms with Crippen LogP contribution in [-0.2, 0) is 22.5 Å². The molecule has 134 valence electrons. The number of carbonyl (C=O) groups excluding carboxylic acids is 1. The summed E-state index contributed by atoms with van der Waals surface area (Å²) in [6, 6.07) is 0.275. The van der Waals surface area contributed by atoms with Crippen LogP contribution in [0.5, 0.6) is 0 Å². The molecular formula is C16H20FN5O2S.